The quantitative estimate of drug-likeness (QED) is 0.519. The minimum atomic E-state index is -2.39. The molecule has 9 nitrogen and oxygen atoms in total. The van der Waals surface area contributed by atoms with Gasteiger partial charge in [-0.25, -0.2) is 4.79 Å². The van der Waals surface area contributed by atoms with Crippen molar-refractivity contribution in [1.29, 1.82) is 0 Å². The Balaban J connectivity index is 1.96. The molecule has 4 atom stereocenters. The molecule has 2 saturated heterocycles. The number of aliphatic hydroxyl groups is 2. The molecule has 154 valence electrons. The Morgan fingerprint density at radius 1 is 1.36 bits per heavy atom. The van der Waals surface area contributed by atoms with Crippen molar-refractivity contribution in [3.8, 4) is 5.75 Å². The van der Waals surface area contributed by atoms with Crippen LogP contribution in [0, 0.1) is 0 Å². The second-order valence-corrected chi connectivity index (χ2v) is 7.17. The van der Waals surface area contributed by atoms with Crippen LogP contribution >= 0.6 is 0 Å². The fraction of sp³-hybridized carbons (Fsp3) is 0.579. The molecular formula is C19H25NO8. The molecule has 1 aromatic carbocycles. The van der Waals surface area contributed by atoms with Crippen LogP contribution in [0.15, 0.2) is 24.3 Å². The fourth-order valence-electron chi connectivity index (χ4n) is 3.60. The van der Waals surface area contributed by atoms with Gasteiger partial charge in [0.05, 0.1) is 20.3 Å². The molecular weight excluding hydrogens is 370 g/mol. The average molecular weight is 395 g/mol. The summed E-state index contributed by atoms with van der Waals surface area (Å²) in [6.45, 7) is 5.05. The van der Waals surface area contributed by atoms with Crippen molar-refractivity contribution >= 4 is 17.6 Å². The Labute approximate surface area is 162 Å². The average Bonchev–Trinajstić information content (AvgIpc) is 3.03. The van der Waals surface area contributed by atoms with Crippen molar-refractivity contribution in [2.24, 2.45) is 0 Å². The number of nitrogens with zero attached hydrogens (tertiary/aromatic N) is 1. The highest BCUT2D eigenvalue weighted by molar-refractivity contribution is 6.11. The molecule has 0 aromatic heterocycles. The van der Waals surface area contributed by atoms with Crippen LogP contribution in [0.4, 0.5) is 5.69 Å². The summed E-state index contributed by atoms with van der Waals surface area (Å²) in [5.41, 5.74) is -1.93. The molecule has 28 heavy (non-hydrogen) atoms. The number of β-lactam (4-membered cyclic amide) rings is 1. The lowest BCUT2D eigenvalue weighted by Crippen LogP contribution is -2.83. The van der Waals surface area contributed by atoms with Crippen molar-refractivity contribution in [3.63, 3.8) is 0 Å². The molecule has 0 aliphatic carbocycles. The van der Waals surface area contributed by atoms with E-state index in [0.717, 1.165) is 0 Å². The second kappa shape index (κ2) is 7.32. The van der Waals surface area contributed by atoms with E-state index in [0.29, 0.717) is 11.4 Å². The molecule has 1 amide bonds. The number of hydrogen-bond acceptors (Lipinski definition) is 8. The fourth-order valence-corrected chi connectivity index (χ4v) is 3.60. The van der Waals surface area contributed by atoms with Gasteiger partial charge in [-0.15, -0.1) is 0 Å². The molecule has 2 heterocycles. The van der Waals surface area contributed by atoms with Crippen molar-refractivity contribution in [3.05, 3.63) is 24.3 Å². The summed E-state index contributed by atoms with van der Waals surface area (Å²) in [5.74, 6) is -2.23. The monoisotopic (exact) mass is 395 g/mol. The molecule has 0 bridgehead atoms. The maximum absolute atomic E-state index is 12.9. The van der Waals surface area contributed by atoms with E-state index in [1.807, 2.05) is 0 Å². The number of rotatable bonds is 6. The van der Waals surface area contributed by atoms with E-state index in [4.69, 9.17) is 18.9 Å². The lowest BCUT2D eigenvalue weighted by atomic mass is 9.74. The Kier molecular flexibility index (Phi) is 5.37. The molecule has 2 aliphatic heterocycles. The molecule has 0 spiro atoms. The van der Waals surface area contributed by atoms with E-state index >= 15 is 0 Å². The molecule has 3 rings (SSSR count). The predicted octanol–water partition coefficient (Wildman–Crippen LogP) is 0.217. The number of carbonyl (C=O) groups is 2. The van der Waals surface area contributed by atoms with Crippen LogP contribution < -0.4 is 9.64 Å². The smallest absolute Gasteiger partial charge is 0.338 e. The van der Waals surface area contributed by atoms with E-state index < -0.39 is 41.5 Å². The summed E-state index contributed by atoms with van der Waals surface area (Å²) in [7, 11) is 1.52. The summed E-state index contributed by atoms with van der Waals surface area (Å²) in [6, 6.07) is 5.56. The SMILES string of the molecule is CCOC(=O)[C@H](O)[C@]1(O)C(=O)N(c2ccc(OC)cc2)[C@H]1C1COC(C)(C)O1. The number of hydrogen-bond donors (Lipinski definition) is 2. The third-order valence-corrected chi connectivity index (χ3v) is 4.95. The van der Waals surface area contributed by atoms with Crippen molar-refractivity contribution in [1.82, 2.24) is 0 Å². The third kappa shape index (κ3) is 3.24. The van der Waals surface area contributed by atoms with Gasteiger partial charge in [0.1, 0.15) is 17.9 Å². The van der Waals surface area contributed by atoms with Crippen LogP contribution in [0.25, 0.3) is 0 Å². The molecule has 1 unspecified atom stereocenters. The maximum atomic E-state index is 12.9. The van der Waals surface area contributed by atoms with Gasteiger partial charge in [0, 0.05) is 5.69 Å². The number of methoxy groups -OCH3 is 1. The van der Waals surface area contributed by atoms with Gasteiger partial charge in [-0.05, 0) is 45.0 Å². The first-order chi connectivity index (χ1) is 13.2. The minimum absolute atomic E-state index is 0.00307. The maximum Gasteiger partial charge on any atom is 0.338 e. The largest absolute Gasteiger partial charge is 0.497 e. The number of amides is 1. The molecule has 2 fully saturated rings. The van der Waals surface area contributed by atoms with Crippen molar-refractivity contribution in [2.75, 3.05) is 25.2 Å². The third-order valence-electron chi connectivity index (χ3n) is 4.95. The van der Waals surface area contributed by atoms with E-state index in [1.165, 1.54) is 12.0 Å². The van der Waals surface area contributed by atoms with E-state index in [-0.39, 0.29) is 13.2 Å². The molecule has 9 heteroatoms. The lowest BCUT2D eigenvalue weighted by molar-refractivity contribution is -0.201. The molecule has 2 N–H and O–H groups in total. The Morgan fingerprint density at radius 3 is 2.50 bits per heavy atom. The van der Waals surface area contributed by atoms with Gasteiger partial charge in [0.2, 0.25) is 5.60 Å². The molecule has 1 aromatic rings. The van der Waals surface area contributed by atoms with Crippen molar-refractivity contribution < 1.29 is 38.7 Å². The van der Waals surface area contributed by atoms with Crippen LogP contribution in [0.3, 0.4) is 0 Å². The lowest BCUT2D eigenvalue weighted by Gasteiger charge is -2.55. The Bertz CT molecular complexity index is 749. The number of aliphatic hydroxyl groups excluding tert-OH is 1. The van der Waals surface area contributed by atoms with Gasteiger partial charge in [-0.3, -0.25) is 4.79 Å². The number of esters is 1. The van der Waals surface area contributed by atoms with Crippen LogP contribution in [0.2, 0.25) is 0 Å². The van der Waals surface area contributed by atoms with Crippen LogP contribution in [-0.2, 0) is 23.8 Å². The summed E-state index contributed by atoms with van der Waals surface area (Å²) < 4.78 is 21.3. The van der Waals surface area contributed by atoms with Crippen LogP contribution in [0.1, 0.15) is 20.8 Å². The standard InChI is InChI=1S/C19H25NO8/c1-5-26-16(22)15(21)19(24)14(13-10-27-18(2,3)28-13)20(17(19)23)11-6-8-12(25-4)9-7-11/h6-9,13-15,21,24H,5,10H2,1-4H3/t13?,14-,15-,19-/m0/s1. The molecule has 0 saturated carbocycles. The Morgan fingerprint density at radius 2 is 2.00 bits per heavy atom. The predicted molar refractivity (Wildman–Crippen MR) is 96.8 cm³/mol. The zero-order chi connectivity index (χ0) is 20.7. The van der Waals surface area contributed by atoms with E-state index in [1.54, 1.807) is 45.0 Å². The number of anilines is 1. The van der Waals surface area contributed by atoms with E-state index in [2.05, 4.69) is 0 Å². The summed E-state index contributed by atoms with van der Waals surface area (Å²) in [6.07, 6.45) is -2.81. The summed E-state index contributed by atoms with van der Waals surface area (Å²) >= 11 is 0. The van der Waals surface area contributed by atoms with Gasteiger partial charge in [0.15, 0.2) is 11.9 Å². The second-order valence-electron chi connectivity index (χ2n) is 7.17. The highest BCUT2D eigenvalue weighted by Gasteiger charge is 2.70. The van der Waals surface area contributed by atoms with Crippen LogP contribution in [-0.4, -0.2) is 72.1 Å². The normalized spacial score (nSPS) is 29.9. The summed E-state index contributed by atoms with van der Waals surface area (Å²) in [5, 5.41) is 21.5. The number of ether oxygens (including phenoxy) is 4. The van der Waals surface area contributed by atoms with Crippen LogP contribution in [0.5, 0.6) is 5.75 Å². The number of benzene rings is 1. The van der Waals surface area contributed by atoms with E-state index in [9.17, 15) is 19.8 Å². The van der Waals surface area contributed by atoms with Gasteiger partial charge < -0.3 is 34.1 Å². The Hall–Kier alpha value is -2.20. The minimum Gasteiger partial charge on any atom is -0.497 e. The van der Waals surface area contributed by atoms with Crippen molar-refractivity contribution in [2.45, 2.75) is 50.4 Å². The zero-order valence-corrected chi connectivity index (χ0v) is 16.2. The van der Waals surface area contributed by atoms with Gasteiger partial charge >= 0.3 is 5.97 Å². The summed E-state index contributed by atoms with van der Waals surface area (Å²) in [4.78, 5) is 26.2. The zero-order valence-electron chi connectivity index (χ0n) is 16.2. The molecule has 2 aliphatic rings. The van der Waals surface area contributed by atoms with Gasteiger partial charge in [-0.1, -0.05) is 0 Å². The number of carbonyl (C=O) groups excluding carboxylic acids is 2. The topological polar surface area (TPSA) is 115 Å². The first-order valence-electron chi connectivity index (χ1n) is 9.02. The highest BCUT2D eigenvalue weighted by atomic mass is 16.7. The molecule has 0 radical (unpaired) electrons. The highest BCUT2D eigenvalue weighted by Crippen LogP contribution is 2.44. The van der Waals surface area contributed by atoms with Gasteiger partial charge in [0.25, 0.3) is 5.91 Å². The van der Waals surface area contributed by atoms with Gasteiger partial charge in [-0.2, -0.15) is 0 Å². The first-order valence-corrected chi connectivity index (χ1v) is 9.02. The first kappa shape index (κ1) is 20.5.